The van der Waals surface area contributed by atoms with Crippen LogP contribution in [0.1, 0.15) is 30.4 Å². The first kappa shape index (κ1) is 25.3. The summed E-state index contributed by atoms with van der Waals surface area (Å²) in [6.07, 6.45) is 4.35. The van der Waals surface area contributed by atoms with Crippen molar-refractivity contribution in [2.24, 2.45) is 16.8 Å². The largest absolute Gasteiger partial charge is 0.368 e. The fourth-order valence-electron chi connectivity index (χ4n) is 5.56. The molecule has 3 saturated heterocycles. The van der Waals surface area contributed by atoms with Gasteiger partial charge in [-0.15, -0.1) is 4.99 Å². The lowest BCUT2D eigenvalue weighted by Gasteiger charge is -2.43. The van der Waals surface area contributed by atoms with E-state index in [9.17, 15) is 20.1 Å². The lowest BCUT2D eigenvalue weighted by molar-refractivity contribution is -0.147. The molecule has 2 N–H and O–H groups in total. The molecule has 2 atom stereocenters. The van der Waals surface area contributed by atoms with Crippen LogP contribution in [0.4, 0.5) is 5.69 Å². The summed E-state index contributed by atoms with van der Waals surface area (Å²) >= 11 is 0. The summed E-state index contributed by atoms with van der Waals surface area (Å²) in [6, 6.07) is 7.77. The number of hydrogen-bond acceptors (Lipinski definition) is 7. The van der Waals surface area contributed by atoms with Crippen LogP contribution in [0.15, 0.2) is 23.2 Å². The zero-order chi connectivity index (χ0) is 25.7. The number of nitrogens with one attached hydrogen (secondary N) is 1. The summed E-state index contributed by atoms with van der Waals surface area (Å²) in [4.78, 5) is 38.1. The van der Waals surface area contributed by atoms with E-state index in [-0.39, 0.29) is 12.5 Å². The minimum absolute atomic E-state index is 0.0839. The number of anilines is 1. The lowest BCUT2D eigenvalue weighted by atomic mass is 9.83. The van der Waals surface area contributed by atoms with Crippen LogP contribution >= 0.6 is 0 Å². The number of hydroxylamine groups is 1. The molecule has 3 aliphatic heterocycles. The van der Waals surface area contributed by atoms with Gasteiger partial charge in [-0.3, -0.25) is 14.8 Å². The number of hydrogen-bond donors (Lipinski definition) is 2. The molecule has 0 radical (unpaired) electrons. The van der Waals surface area contributed by atoms with Gasteiger partial charge in [0.25, 0.3) is 0 Å². The number of aryl methyl sites for hydroxylation is 1. The Morgan fingerprint density at radius 1 is 1.00 bits per heavy atom. The summed E-state index contributed by atoms with van der Waals surface area (Å²) in [5, 5.41) is 27.7. The van der Waals surface area contributed by atoms with E-state index in [4.69, 9.17) is 5.26 Å². The Labute approximate surface area is 211 Å². The van der Waals surface area contributed by atoms with Crippen molar-refractivity contribution < 1.29 is 14.8 Å². The third-order valence-corrected chi connectivity index (χ3v) is 7.46. The number of piperazine rings is 1. The summed E-state index contributed by atoms with van der Waals surface area (Å²) in [6.45, 7) is 6.67. The second-order valence-corrected chi connectivity index (χ2v) is 9.56. The number of nitriles is 2. The minimum Gasteiger partial charge on any atom is -0.368 e. The first-order valence-corrected chi connectivity index (χ1v) is 12.4. The normalized spacial score (nSPS) is 22.7. The van der Waals surface area contributed by atoms with E-state index in [0.717, 1.165) is 37.2 Å². The fourth-order valence-corrected chi connectivity index (χ4v) is 5.56. The minimum atomic E-state index is -0.749. The van der Waals surface area contributed by atoms with E-state index in [0.29, 0.717) is 50.7 Å². The van der Waals surface area contributed by atoms with Crippen LogP contribution in [0.2, 0.25) is 0 Å². The number of benzene rings is 1. The molecule has 0 aromatic heterocycles. The molecule has 1 aromatic rings. The molecule has 0 unspecified atom stereocenters. The van der Waals surface area contributed by atoms with Crippen molar-refractivity contribution in [2.75, 3.05) is 57.3 Å². The number of aliphatic imine (C=N–C) groups is 1. The van der Waals surface area contributed by atoms with E-state index in [1.807, 2.05) is 35.0 Å². The SMILES string of the molecule is Cc1cc(C#N)ccc1N1CCN(C(=O)[C@H]2CCN(/C(=N/C#N)N3CCCC3)C[C@@H]2C(=O)NO)CC1. The third-order valence-electron chi connectivity index (χ3n) is 7.46. The molecule has 0 aliphatic carbocycles. The summed E-state index contributed by atoms with van der Waals surface area (Å²) in [5.74, 6) is -1.44. The highest BCUT2D eigenvalue weighted by atomic mass is 16.5. The van der Waals surface area contributed by atoms with Crippen LogP contribution in [0.25, 0.3) is 0 Å². The van der Waals surface area contributed by atoms with Gasteiger partial charge in [0, 0.05) is 58.0 Å². The Balaban J connectivity index is 1.43. The predicted molar refractivity (Wildman–Crippen MR) is 132 cm³/mol. The van der Waals surface area contributed by atoms with E-state index in [1.54, 1.807) is 16.4 Å². The monoisotopic (exact) mass is 492 g/mol. The molecule has 11 nitrogen and oxygen atoms in total. The zero-order valence-electron chi connectivity index (χ0n) is 20.6. The van der Waals surface area contributed by atoms with Crippen molar-refractivity contribution in [1.29, 1.82) is 10.5 Å². The highest BCUT2D eigenvalue weighted by Gasteiger charge is 2.42. The molecule has 0 spiro atoms. The molecule has 3 heterocycles. The summed E-state index contributed by atoms with van der Waals surface area (Å²) in [7, 11) is 0. The molecule has 0 saturated carbocycles. The summed E-state index contributed by atoms with van der Waals surface area (Å²) < 4.78 is 0. The number of likely N-dealkylation sites (tertiary alicyclic amines) is 2. The van der Waals surface area contributed by atoms with Crippen LogP contribution < -0.4 is 10.4 Å². The first-order chi connectivity index (χ1) is 17.5. The van der Waals surface area contributed by atoms with Crippen LogP contribution in [-0.4, -0.2) is 90.0 Å². The number of piperidine rings is 1. The maximum Gasteiger partial charge on any atom is 0.249 e. The first-order valence-electron chi connectivity index (χ1n) is 12.4. The van der Waals surface area contributed by atoms with Crippen molar-refractivity contribution >= 4 is 23.5 Å². The van der Waals surface area contributed by atoms with Gasteiger partial charge in [0.1, 0.15) is 0 Å². The van der Waals surface area contributed by atoms with Crippen LogP contribution in [0.3, 0.4) is 0 Å². The Morgan fingerprint density at radius 2 is 1.72 bits per heavy atom. The van der Waals surface area contributed by atoms with Gasteiger partial charge in [0.05, 0.1) is 23.5 Å². The van der Waals surface area contributed by atoms with E-state index >= 15 is 0 Å². The third kappa shape index (κ3) is 5.21. The van der Waals surface area contributed by atoms with Gasteiger partial charge in [-0.25, -0.2) is 5.48 Å². The Hall–Kier alpha value is -3.83. The maximum atomic E-state index is 13.5. The molecule has 3 fully saturated rings. The van der Waals surface area contributed by atoms with E-state index in [1.165, 1.54) is 0 Å². The van der Waals surface area contributed by atoms with Gasteiger partial charge in [0.15, 0.2) is 0 Å². The van der Waals surface area contributed by atoms with Crippen molar-refractivity contribution in [3.05, 3.63) is 29.3 Å². The molecule has 36 heavy (non-hydrogen) atoms. The molecule has 0 bridgehead atoms. The number of guanidine groups is 1. The molecule has 190 valence electrons. The average Bonchev–Trinajstić information content (AvgIpc) is 3.45. The quantitative estimate of drug-likeness (QED) is 0.209. The van der Waals surface area contributed by atoms with Crippen molar-refractivity contribution in [2.45, 2.75) is 26.2 Å². The molecule has 11 heteroatoms. The molecule has 1 aromatic carbocycles. The second-order valence-electron chi connectivity index (χ2n) is 9.56. The number of rotatable bonds is 3. The van der Waals surface area contributed by atoms with Crippen LogP contribution in [0.5, 0.6) is 0 Å². The van der Waals surface area contributed by atoms with Crippen molar-refractivity contribution in [1.82, 2.24) is 20.2 Å². The van der Waals surface area contributed by atoms with Gasteiger partial charge < -0.3 is 19.6 Å². The second kappa shape index (κ2) is 11.3. The smallest absolute Gasteiger partial charge is 0.249 e. The Kier molecular flexibility index (Phi) is 7.91. The van der Waals surface area contributed by atoms with Crippen molar-refractivity contribution in [3.63, 3.8) is 0 Å². The number of amides is 2. The zero-order valence-corrected chi connectivity index (χ0v) is 20.6. The Bertz CT molecular complexity index is 1090. The topological polar surface area (TPSA) is 139 Å². The molecule has 4 rings (SSSR count). The molecular weight excluding hydrogens is 460 g/mol. The molecular formula is C25H32N8O3. The Morgan fingerprint density at radius 3 is 2.33 bits per heavy atom. The van der Waals surface area contributed by atoms with Gasteiger partial charge in [-0.1, -0.05) is 0 Å². The molecule has 3 aliphatic rings. The van der Waals surface area contributed by atoms with Gasteiger partial charge in [-0.05, 0) is 49.9 Å². The van der Waals surface area contributed by atoms with Gasteiger partial charge in [-0.2, -0.15) is 10.5 Å². The average molecular weight is 493 g/mol. The predicted octanol–water partition coefficient (Wildman–Crippen LogP) is 0.892. The molecule has 2 amide bonds. The van der Waals surface area contributed by atoms with E-state index in [2.05, 4.69) is 16.0 Å². The lowest BCUT2D eigenvalue weighted by Crippen LogP contribution is -2.57. The fraction of sp³-hybridized carbons (Fsp3) is 0.560. The number of carbonyl (C=O) groups is 2. The standard InChI is InChI=1S/C25H32N8O3/c1-18-14-19(15-26)4-5-22(18)30-10-12-31(13-11-30)24(35)20-6-9-33(16-21(20)23(34)29-36)25(28-17-27)32-7-2-3-8-32/h4-5,14,20-21,36H,2-3,6-13,16H2,1H3,(H,29,34)/b28-25+/t20-,21-/m0/s1. The number of carbonyl (C=O) groups excluding carboxylic acids is 2. The maximum absolute atomic E-state index is 13.5. The van der Waals surface area contributed by atoms with Gasteiger partial charge >= 0.3 is 0 Å². The highest BCUT2D eigenvalue weighted by Crippen LogP contribution is 2.29. The van der Waals surface area contributed by atoms with Gasteiger partial charge in [0.2, 0.25) is 24.0 Å². The van der Waals surface area contributed by atoms with Crippen LogP contribution in [-0.2, 0) is 9.59 Å². The number of nitrogens with zero attached hydrogens (tertiary/aromatic N) is 7. The van der Waals surface area contributed by atoms with Crippen molar-refractivity contribution in [3.8, 4) is 12.3 Å². The summed E-state index contributed by atoms with van der Waals surface area (Å²) in [5.41, 5.74) is 4.44. The van der Waals surface area contributed by atoms with Crippen LogP contribution in [0, 0.1) is 41.5 Å². The highest BCUT2D eigenvalue weighted by molar-refractivity contribution is 5.89. The van der Waals surface area contributed by atoms with E-state index < -0.39 is 17.7 Å².